The summed E-state index contributed by atoms with van der Waals surface area (Å²) in [5, 5.41) is 21.9. The number of likely N-dealkylation sites (tertiary alicyclic amines) is 1. The molecule has 3 aliphatic rings. The lowest BCUT2D eigenvalue weighted by Gasteiger charge is -2.24. The predicted octanol–water partition coefficient (Wildman–Crippen LogP) is 5.20. The second kappa shape index (κ2) is 13.0. The fourth-order valence-corrected chi connectivity index (χ4v) is 6.42. The Morgan fingerprint density at radius 1 is 1.16 bits per heavy atom. The van der Waals surface area contributed by atoms with Gasteiger partial charge in [0.2, 0.25) is 5.91 Å². The first kappa shape index (κ1) is 27.7. The minimum Gasteiger partial charge on any atom is -0.504 e. The van der Waals surface area contributed by atoms with Crippen molar-refractivity contribution >= 4 is 11.9 Å². The van der Waals surface area contributed by atoms with Gasteiger partial charge in [0.25, 0.3) is 0 Å². The number of hydrogen-bond acceptors (Lipinski definition) is 6. The number of carbonyl (C=O) groups excluding carboxylic acids is 2. The summed E-state index contributed by atoms with van der Waals surface area (Å²) in [4.78, 5) is 26.0. The van der Waals surface area contributed by atoms with E-state index in [0.717, 1.165) is 74.5 Å². The molecule has 1 aromatic rings. The third-order valence-electron chi connectivity index (χ3n) is 8.43. The van der Waals surface area contributed by atoms with E-state index in [1.807, 2.05) is 11.0 Å². The van der Waals surface area contributed by atoms with Crippen LogP contribution in [0, 0.1) is 5.92 Å². The Hall–Kier alpha value is -2.28. The topological polar surface area (TPSA) is 96.3 Å². The number of unbranched alkanes of at least 4 members (excludes halogenated alkanes) is 2. The molecule has 0 radical (unpaired) electrons. The van der Waals surface area contributed by atoms with Gasteiger partial charge in [-0.25, -0.2) is 0 Å². The first-order valence-corrected chi connectivity index (χ1v) is 14.5. The largest absolute Gasteiger partial charge is 0.504 e. The van der Waals surface area contributed by atoms with Gasteiger partial charge in [-0.05, 0) is 75.3 Å². The molecule has 4 unspecified atom stereocenters. The number of aromatic hydroxyl groups is 1. The molecule has 7 heteroatoms. The quantitative estimate of drug-likeness (QED) is 0.293. The van der Waals surface area contributed by atoms with E-state index in [2.05, 4.69) is 6.92 Å². The van der Waals surface area contributed by atoms with Crippen molar-refractivity contribution in [2.24, 2.45) is 5.92 Å². The minimum absolute atomic E-state index is 0.125. The maximum Gasteiger partial charge on any atom is 0.302 e. The molecule has 1 saturated carbocycles. The molecule has 2 heterocycles. The van der Waals surface area contributed by atoms with E-state index in [-0.39, 0.29) is 29.8 Å². The summed E-state index contributed by atoms with van der Waals surface area (Å²) in [5.74, 6) is 1.07. The number of aryl methyl sites for hydroxylation is 1. The average molecular weight is 516 g/mol. The van der Waals surface area contributed by atoms with Gasteiger partial charge >= 0.3 is 5.97 Å². The van der Waals surface area contributed by atoms with Crippen molar-refractivity contribution in [1.82, 2.24) is 4.90 Å². The first-order chi connectivity index (χ1) is 17.9. The van der Waals surface area contributed by atoms with Crippen molar-refractivity contribution in [3.8, 4) is 11.5 Å². The highest BCUT2D eigenvalue weighted by Crippen LogP contribution is 2.45. The lowest BCUT2D eigenvalue weighted by atomic mass is 9.90. The van der Waals surface area contributed by atoms with E-state index >= 15 is 0 Å². The summed E-state index contributed by atoms with van der Waals surface area (Å²) in [6.07, 6.45) is 11.4. The molecule has 37 heavy (non-hydrogen) atoms. The molecule has 1 aliphatic carbocycles. The van der Waals surface area contributed by atoms with Crippen LogP contribution in [0.1, 0.15) is 108 Å². The monoisotopic (exact) mass is 515 g/mol. The van der Waals surface area contributed by atoms with Crippen molar-refractivity contribution in [3.63, 3.8) is 0 Å². The number of nitrogens with zero attached hydrogens (tertiary/aromatic N) is 1. The molecule has 2 fully saturated rings. The maximum absolute atomic E-state index is 12.3. The number of benzene rings is 1. The molecule has 0 spiro atoms. The van der Waals surface area contributed by atoms with Gasteiger partial charge in [0.15, 0.2) is 11.5 Å². The van der Waals surface area contributed by atoms with E-state index in [1.54, 1.807) is 0 Å². The molecule has 7 nitrogen and oxygen atoms in total. The number of ether oxygens (including phenoxy) is 2. The number of amides is 1. The third kappa shape index (κ3) is 7.18. The van der Waals surface area contributed by atoms with Crippen molar-refractivity contribution < 1.29 is 29.3 Å². The summed E-state index contributed by atoms with van der Waals surface area (Å²) in [5.41, 5.74) is 2.87. The fraction of sp³-hybridized carbons (Fsp3) is 0.733. The van der Waals surface area contributed by atoms with E-state index in [1.165, 1.54) is 6.92 Å². The minimum atomic E-state index is -0.493. The van der Waals surface area contributed by atoms with E-state index < -0.39 is 6.10 Å². The van der Waals surface area contributed by atoms with Crippen molar-refractivity contribution in [3.05, 3.63) is 22.8 Å². The molecule has 4 atom stereocenters. The smallest absolute Gasteiger partial charge is 0.302 e. The lowest BCUT2D eigenvalue weighted by molar-refractivity contribution is -0.148. The Bertz CT molecular complexity index is 946. The molecular weight excluding hydrogens is 470 g/mol. The molecule has 206 valence electrons. The SMILES string of the molecule is CCCCCC(O)CC(CCc1cc(CN2CCCC2=O)c(O)c2c1CCC1CCCC1O2)OC(C)=O. The number of hydrogen-bond donors (Lipinski definition) is 2. The molecule has 2 aliphatic heterocycles. The maximum atomic E-state index is 12.3. The highest BCUT2D eigenvalue weighted by atomic mass is 16.5. The molecule has 0 bridgehead atoms. The normalized spacial score (nSPS) is 22.7. The summed E-state index contributed by atoms with van der Waals surface area (Å²) >= 11 is 0. The number of carbonyl (C=O) groups is 2. The van der Waals surface area contributed by atoms with Crippen molar-refractivity contribution in [1.29, 1.82) is 0 Å². The number of aliphatic hydroxyl groups excluding tert-OH is 1. The second-order valence-corrected chi connectivity index (χ2v) is 11.3. The fourth-order valence-electron chi connectivity index (χ4n) is 6.42. The Morgan fingerprint density at radius 3 is 2.73 bits per heavy atom. The van der Waals surface area contributed by atoms with Gasteiger partial charge in [0.05, 0.1) is 6.10 Å². The van der Waals surface area contributed by atoms with Crippen LogP contribution in [0.2, 0.25) is 0 Å². The van der Waals surface area contributed by atoms with Crippen molar-refractivity contribution in [2.75, 3.05) is 6.54 Å². The Morgan fingerprint density at radius 2 is 2.00 bits per heavy atom. The zero-order chi connectivity index (χ0) is 26.4. The average Bonchev–Trinajstić information content (AvgIpc) is 3.43. The van der Waals surface area contributed by atoms with Crippen LogP contribution in [-0.2, 0) is 33.7 Å². The van der Waals surface area contributed by atoms with Gasteiger partial charge in [-0.1, -0.05) is 26.2 Å². The Kier molecular flexibility index (Phi) is 9.74. The van der Waals surface area contributed by atoms with Gasteiger partial charge in [-0.2, -0.15) is 0 Å². The predicted molar refractivity (Wildman–Crippen MR) is 141 cm³/mol. The number of aliphatic hydroxyl groups is 1. The highest BCUT2D eigenvalue weighted by Gasteiger charge is 2.35. The van der Waals surface area contributed by atoms with Gasteiger partial charge in [0.1, 0.15) is 12.2 Å². The van der Waals surface area contributed by atoms with Gasteiger partial charge in [-0.15, -0.1) is 0 Å². The van der Waals surface area contributed by atoms with Crippen LogP contribution in [-0.4, -0.2) is 51.8 Å². The molecule has 0 aromatic heterocycles. The van der Waals surface area contributed by atoms with Gasteiger partial charge in [0, 0.05) is 44.0 Å². The molecular formula is C30H45NO6. The van der Waals surface area contributed by atoms with Crippen LogP contribution in [0.5, 0.6) is 11.5 Å². The summed E-state index contributed by atoms with van der Waals surface area (Å²) in [6.45, 7) is 4.65. The number of fused-ring (bicyclic) bond motifs is 2. The molecule has 1 aromatic carbocycles. The van der Waals surface area contributed by atoms with Gasteiger partial charge < -0.3 is 24.6 Å². The standard InChI is InChI=1S/C30H45NO6/c1-3-4-5-9-24(33)18-25(36-20(2)32)14-12-22-17-23(19-31-16-7-11-28(31)34)29(35)30-26(22)15-13-21-8-6-10-27(21)37-30/h17,21,24-25,27,33,35H,3-16,18-19H2,1-2H3. The Labute approximate surface area is 221 Å². The second-order valence-electron chi connectivity index (χ2n) is 11.3. The van der Waals surface area contributed by atoms with Crippen LogP contribution in [0.25, 0.3) is 0 Å². The number of phenolic OH excluding ortho intramolecular Hbond substituents is 1. The zero-order valence-electron chi connectivity index (χ0n) is 22.7. The van der Waals surface area contributed by atoms with Crippen LogP contribution >= 0.6 is 0 Å². The number of phenols is 1. The number of rotatable bonds is 12. The van der Waals surface area contributed by atoms with Crippen LogP contribution in [0.3, 0.4) is 0 Å². The first-order valence-electron chi connectivity index (χ1n) is 14.5. The lowest BCUT2D eigenvalue weighted by Crippen LogP contribution is -2.25. The Balaban J connectivity index is 1.56. The van der Waals surface area contributed by atoms with Crippen molar-refractivity contribution in [2.45, 2.75) is 129 Å². The molecule has 1 saturated heterocycles. The summed E-state index contributed by atoms with van der Waals surface area (Å²) in [6, 6.07) is 2.03. The molecule has 4 rings (SSSR count). The van der Waals surface area contributed by atoms with Crippen LogP contribution < -0.4 is 4.74 Å². The molecule has 1 amide bonds. The highest BCUT2D eigenvalue weighted by molar-refractivity contribution is 5.78. The van der Waals surface area contributed by atoms with Gasteiger partial charge in [-0.3, -0.25) is 9.59 Å². The van der Waals surface area contributed by atoms with Crippen LogP contribution in [0.4, 0.5) is 0 Å². The molecule has 2 N–H and O–H groups in total. The van der Waals surface area contributed by atoms with E-state index in [0.29, 0.717) is 56.9 Å². The third-order valence-corrected chi connectivity index (χ3v) is 8.43. The van der Waals surface area contributed by atoms with E-state index in [4.69, 9.17) is 9.47 Å². The van der Waals surface area contributed by atoms with Crippen LogP contribution in [0.15, 0.2) is 6.07 Å². The number of esters is 1. The zero-order valence-corrected chi connectivity index (χ0v) is 22.7. The summed E-state index contributed by atoms with van der Waals surface area (Å²) < 4.78 is 12.1. The van der Waals surface area contributed by atoms with E-state index in [9.17, 15) is 19.8 Å². The summed E-state index contributed by atoms with van der Waals surface area (Å²) in [7, 11) is 0.